The Hall–Kier alpha value is -2.32. The Balaban J connectivity index is 1.94. The van der Waals surface area contributed by atoms with Crippen molar-refractivity contribution < 1.29 is 13.2 Å². The van der Waals surface area contributed by atoms with Gasteiger partial charge in [-0.2, -0.15) is 0 Å². The van der Waals surface area contributed by atoms with Gasteiger partial charge in [-0.15, -0.1) is 11.3 Å². The number of rotatable bonds is 7. The zero-order chi connectivity index (χ0) is 18.6. The molecule has 1 heterocycles. The summed E-state index contributed by atoms with van der Waals surface area (Å²) in [4.78, 5) is 13.3. The van der Waals surface area contributed by atoms with Gasteiger partial charge in [0.2, 0.25) is 10.0 Å². The highest BCUT2D eigenvalue weighted by molar-refractivity contribution is 7.92. The minimum absolute atomic E-state index is 0.236. The maximum atomic E-state index is 12.1. The molecule has 0 saturated heterocycles. The summed E-state index contributed by atoms with van der Waals surface area (Å²) in [5.41, 5.74) is 7.67. The number of hydrogen-bond donors (Lipinski definition) is 3. The van der Waals surface area contributed by atoms with Crippen molar-refractivity contribution in [1.82, 2.24) is 10.9 Å². The van der Waals surface area contributed by atoms with Gasteiger partial charge < -0.3 is 0 Å². The quantitative estimate of drug-likeness (QED) is 0.645. The van der Waals surface area contributed by atoms with E-state index < -0.39 is 10.0 Å². The van der Waals surface area contributed by atoms with E-state index in [9.17, 15) is 13.2 Å². The van der Waals surface area contributed by atoms with Gasteiger partial charge in [0.15, 0.2) is 0 Å². The molecule has 0 aliphatic rings. The zero-order valence-electron chi connectivity index (χ0n) is 14.3. The Morgan fingerprint density at radius 2 is 1.76 bits per heavy atom. The molecular formula is C17H21N3O3S2. The molecule has 0 unspecified atom stereocenters. The molecule has 3 N–H and O–H groups in total. The van der Waals surface area contributed by atoms with Crippen molar-refractivity contribution in [1.29, 1.82) is 0 Å². The van der Waals surface area contributed by atoms with Crippen LogP contribution in [0, 0.1) is 0 Å². The highest BCUT2D eigenvalue weighted by atomic mass is 32.2. The SMILES string of the molecule is C=C(NNC(=O)c1csc(C(C)C)c1)c1ccc(NS(C)(=O)=O)cc1. The molecule has 0 aliphatic heterocycles. The van der Waals surface area contributed by atoms with Gasteiger partial charge in [-0.3, -0.25) is 20.4 Å². The van der Waals surface area contributed by atoms with E-state index in [1.54, 1.807) is 35.6 Å². The first-order valence-electron chi connectivity index (χ1n) is 7.57. The highest BCUT2D eigenvalue weighted by Gasteiger charge is 2.11. The molecule has 134 valence electrons. The molecule has 8 heteroatoms. The second-order valence-electron chi connectivity index (χ2n) is 5.90. The molecule has 2 aromatic rings. The molecule has 1 aromatic carbocycles. The summed E-state index contributed by atoms with van der Waals surface area (Å²) in [5, 5.41) is 1.82. The van der Waals surface area contributed by atoms with E-state index in [-0.39, 0.29) is 5.91 Å². The lowest BCUT2D eigenvalue weighted by Crippen LogP contribution is -2.35. The molecular weight excluding hydrogens is 358 g/mol. The van der Waals surface area contributed by atoms with Gasteiger partial charge in [-0.05, 0) is 29.7 Å². The molecule has 0 bridgehead atoms. The molecule has 0 saturated carbocycles. The van der Waals surface area contributed by atoms with Gasteiger partial charge in [0.1, 0.15) is 0 Å². The number of hydrazine groups is 1. The monoisotopic (exact) mass is 379 g/mol. The molecule has 0 spiro atoms. The second-order valence-corrected chi connectivity index (χ2v) is 8.59. The van der Waals surface area contributed by atoms with Crippen molar-refractivity contribution in [2.24, 2.45) is 0 Å². The Labute approximate surface area is 152 Å². The van der Waals surface area contributed by atoms with Crippen molar-refractivity contribution in [2.75, 3.05) is 11.0 Å². The number of benzene rings is 1. The van der Waals surface area contributed by atoms with Gasteiger partial charge in [0.25, 0.3) is 5.91 Å². The Kier molecular flexibility index (Phi) is 5.86. The predicted octanol–water partition coefficient (Wildman–Crippen LogP) is 3.15. The van der Waals surface area contributed by atoms with E-state index >= 15 is 0 Å². The fraction of sp³-hybridized carbons (Fsp3) is 0.235. The first-order valence-corrected chi connectivity index (χ1v) is 10.3. The van der Waals surface area contributed by atoms with Crippen LogP contribution in [0.25, 0.3) is 5.70 Å². The maximum Gasteiger partial charge on any atom is 0.270 e. The van der Waals surface area contributed by atoms with Gasteiger partial charge in [-0.25, -0.2) is 8.42 Å². The summed E-state index contributed by atoms with van der Waals surface area (Å²) in [7, 11) is -3.31. The number of carbonyl (C=O) groups is 1. The average Bonchev–Trinajstić information content (AvgIpc) is 3.01. The molecule has 1 aromatic heterocycles. The van der Waals surface area contributed by atoms with Gasteiger partial charge >= 0.3 is 0 Å². The zero-order valence-corrected chi connectivity index (χ0v) is 15.9. The minimum atomic E-state index is -3.31. The van der Waals surface area contributed by atoms with Crippen molar-refractivity contribution >= 4 is 38.7 Å². The molecule has 0 atom stereocenters. The fourth-order valence-electron chi connectivity index (χ4n) is 2.00. The Bertz CT molecular complexity index is 869. The van der Waals surface area contributed by atoms with Crippen molar-refractivity contribution in [3.05, 3.63) is 58.3 Å². The first-order chi connectivity index (χ1) is 11.7. The van der Waals surface area contributed by atoms with Crippen LogP contribution in [0.4, 0.5) is 5.69 Å². The minimum Gasteiger partial charge on any atom is -0.298 e. The molecule has 0 fully saturated rings. The number of anilines is 1. The average molecular weight is 380 g/mol. The van der Waals surface area contributed by atoms with Crippen molar-refractivity contribution in [3.63, 3.8) is 0 Å². The third-order valence-corrected chi connectivity index (χ3v) is 5.15. The topological polar surface area (TPSA) is 87.3 Å². The normalized spacial score (nSPS) is 11.2. The van der Waals surface area contributed by atoms with E-state index in [1.807, 2.05) is 11.4 Å². The van der Waals surface area contributed by atoms with Crippen LogP contribution in [-0.4, -0.2) is 20.6 Å². The Morgan fingerprint density at radius 3 is 2.28 bits per heavy atom. The van der Waals surface area contributed by atoms with Gasteiger partial charge in [0, 0.05) is 15.9 Å². The van der Waals surface area contributed by atoms with E-state index in [1.165, 1.54) is 0 Å². The number of thiophene rings is 1. The summed E-state index contributed by atoms with van der Waals surface area (Å²) in [5.74, 6) is 0.146. The molecule has 0 aliphatic carbocycles. The molecule has 2 rings (SSSR count). The molecule has 6 nitrogen and oxygen atoms in total. The number of amides is 1. The van der Waals surface area contributed by atoms with Crippen LogP contribution in [0.5, 0.6) is 0 Å². The summed E-state index contributed by atoms with van der Waals surface area (Å²) in [6.45, 7) is 8.02. The molecule has 25 heavy (non-hydrogen) atoms. The van der Waals surface area contributed by atoms with Crippen LogP contribution in [0.3, 0.4) is 0 Å². The standard InChI is InChI=1S/C17H21N3O3S2/c1-11(2)16-9-14(10-24-16)17(21)19-18-12(3)13-5-7-15(8-6-13)20-25(4,22)23/h5-11,18,20H,3H2,1-2,4H3,(H,19,21). The summed E-state index contributed by atoms with van der Waals surface area (Å²) < 4.78 is 24.8. The number of sulfonamides is 1. The fourth-order valence-corrected chi connectivity index (χ4v) is 3.47. The van der Waals surface area contributed by atoms with E-state index in [4.69, 9.17) is 0 Å². The number of hydrogen-bond acceptors (Lipinski definition) is 5. The molecule has 0 radical (unpaired) electrons. The largest absolute Gasteiger partial charge is 0.298 e. The summed E-state index contributed by atoms with van der Waals surface area (Å²) in [6.07, 6.45) is 1.09. The van der Waals surface area contributed by atoms with Crippen molar-refractivity contribution in [3.8, 4) is 0 Å². The summed E-state index contributed by atoms with van der Waals surface area (Å²) in [6, 6.07) is 8.53. The van der Waals surface area contributed by atoms with E-state index in [0.29, 0.717) is 22.9 Å². The lowest BCUT2D eigenvalue weighted by atomic mass is 10.1. The van der Waals surface area contributed by atoms with Gasteiger partial charge in [0.05, 0.1) is 17.5 Å². The second kappa shape index (κ2) is 7.71. The lowest BCUT2D eigenvalue weighted by molar-refractivity contribution is 0.0943. The lowest BCUT2D eigenvalue weighted by Gasteiger charge is -2.11. The highest BCUT2D eigenvalue weighted by Crippen LogP contribution is 2.23. The number of carbonyl (C=O) groups excluding carboxylic acids is 1. The van der Waals surface area contributed by atoms with Crippen LogP contribution >= 0.6 is 11.3 Å². The summed E-state index contributed by atoms with van der Waals surface area (Å²) >= 11 is 1.56. The van der Waals surface area contributed by atoms with E-state index in [2.05, 4.69) is 36.0 Å². The van der Waals surface area contributed by atoms with Crippen LogP contribution < -0.4 is 15.6 Å². The number of nitrogens with one attached hydrogen (secondary N) is 3. The van der Waals surface area contributed by atoms with E-state index in [0.717, 1.165) is 16.7 Å². The van der Waals surface area contributed by atoms with Crippen LogP contribution in [0.15, 0.2) is 42.3 Å². The third kappa shape index (κ3) is 5.61. The first kappa shape index (κ1) is 19.0. The maximum absolute atomic E-state index is 12.1. The Morgan fingerprint density at radius 1 is 1.12 bits per heavy atom. The third-order valence-electron chi connectivity index (χ3n) is 3.31. The van der Waals surface area contributed by atoms with Crippen molar-refractivity contribution in [2.45, 2.75) is 19.8 Å². The predicted molar refractivity (Wildman–Crippen MR) is 103 cm³/mol. The van der Waals surface area contributed by atoms with Crippen LogP contribution in [0.1, 0.15) is 40.6 Å². The van der Waals surface area contributed by atoms with Crippen LogP contribution in [0.2, 0.25) is 0 Å². The van der Waals surface area contributed by atoms with Gasteiger partial charge in [-0.1, -0.05) is 32.6 Å². The molecule has 1 amide bonds. The van der Waals surface area contributed by atoms with Crippen LogP contribution in [-0.2, 0) is 10.0 Å². The smallest absolute Gasteiger partial charge is 0.270 e.